The van der Waals surface area contributed by atoms with Gasteiger partial charge in [0.1, 0.15) is 28.4 Å². The van der Waals surface area contributed by atoms with E-state index in [0.717, 1.165) is 51.9 Å². The monoisotopic (exact) mass is 621 g/mol. The number of hydrogen-bond acceptors (Lipinski definition) is 9. The predicted molar refractivity (Wildman–Crippen MR) is 161 cm³/mol. The van der Waals surface area contributed by atoms with E-state index in [1.807, 2.05) is 49.6 Å². The van der Waals surface area contributed by atoms with Gasteiger partial charge in [-0.3, -0.25) is 0 Å². The Balaban J connectivity index is 1.28. The number of morpholine rings is 1. The fraction of sp³-hybridized carbons (Fsp3) is 0.387. The van der Waals surface area contributed by atoms with Crippen LogP contribution < -0.4 is 9.64 Å². The molecule has 0 N–H and O–H groups in total. The summed E-state index contributed by atoms with van der Waals surface area (Å²) in [6, 6.07) is 9.16. The van der Waals surface area contributed by atoms with Crippen LogP contribution in [0.1, 0.15) is 61.6 Å². The van der Waals surface area contributed by atoms with Crippen LogP contribution in [0.3, 0.4) is 0 Å². The van der Waals surface area contributed by atoms with E-state index in [4.69, 9.17) is 19.4 Å². The second kappa shape index (κ2) is 11.1. The summed E-state index contributed by atoms with van der Waals surface area (Å²) in [4.78, 5) is 26.0. The largest absolute Gasteiger partial charge is 0.480 e. The molecule has 1 aromatic carbocycles. The van der Waals surface area contributed by atoms with Crippen molar-refractivity contribution in [3.8, 4) is 28.7 Å². The Morgan fingerprint density at radius 2 is 1.84 bits per heavy atom. The molecule has 4 aromatic heterocycles. The lowest BCUT2D eigenvalue weighted by Gasteiger charge is -2.37. The van der Waals surface area contributed by atoms with Crippen molar-refractivity contribution in [2.45, 2.75) is 50.9 Å². The number of halogens is 3. The molecule has 1 unspecified atom stereocenters. The summed E-state index contributed by atoms with van der Waals surface area (Å²) in [7, 11) is 1.59. The van der Waals surface area contributed by atoms with Gasteiger partial charge in [-0.1, -0.05) is 24.3 Å². The molecule has 5 aromatic rings. The maximum Gasteiger partial charge on any atom is 0.434 e. The molecule has 0 bridgehead atoms. The first kappa shape index (κ1) is 28.7. The van der Waals surface area contributed by atoms with Crippen molar-refractivity contribution < 1.29 is 22.6 Å². The number of ether oxygens (including phenoxy) is 2. The quantitative estimate of drug-likeness (QED) is 0.191. The molecule has 1 aliphatic carbocycles. The van der Waals surface area contributed by atoms with E-state index in [9.17, 15) is 13.2 Å². The van der Waals surface area contributed by atoms with E-state index in [-0.39, 0.29) is 17.9 Å². The van der Waals surface area contributed by atoms with Crippen LogP contribution in [0.4, 0.5) is 19.0 Å². The smallest absolute Gasteiger partial charge is 0.434 e. The molecule has 1 atom stereocenters. The molecule has 44 heavy (non-hydrogen) atoms. The van der Waals surface area contributed by atoms with Crippen LogP contribution in [-0.4, -0.2) is 56.4 Å². The molecule has 0 amide bonds. The maximum absolute atomic E-state index is 13.5. The summed E-state index contributed by atoms with van der Waals surface area (Å²) in [6.45, 7) is 5.22. The first-order chi connectivity index (χ1) is 21.2. The van der Waals surface area contributed by atoms with Crippen molar-refractivity contribution in [1.82, 2.24) is 29.5 Å². The van der Waals surface area contributed by atoms with Gasteiger partial charge >= 0.3 is 6.18 Å². The van der Waals surface area contributed by atoms with Crippen LogP contribution in [0.25, 0.3) is 33.0 Å². The lowest BCUT2D eigenvalue weighted by atomic mass is 10.0. The highest BCUT2D eigenvalue weighted by Gasteiger charge is 2.36. The Bertz CT molecular complexity index is 1820. The Morgan fingerprint density at radius 1 is 1.05 bits per heavy atom. The zero-order chi connectivity index (χ0) is 30.6. The number of hydrogen-bond donors (Lipinski definition) is 0. The molecule has 13 heteroatoms. The van der Waals surface area contributed by atoms with Gasteiger partial charge in [0.2, 0.25) is 5.88 Å². The molecule has 2 fully saturated rings. The summed E-state index contributed by atoms with van der Waals surface area (Å²) in [5.41, 5.74) is 2.29. The van der Waals surface area contributed by atoms with E-state index in [2.05, 4.69) is 19.9 Å². The predicted octanol–water partition coefficient (Wildman–Crippen LogP) is 7.08. The highest BCUT2D eigenvalue weighted by Crippen LogP contribution is 2.46. The van der Waals surface area contributed by atoms with E-state index < -0.39 is 11.9 Å². The number of nitrogens with zero attached hydrogens (tertiary/aromatic N) is 7. The molecule has 2 aliphatic rings. The maximum atomic E-state index is 13.5. The minimum atomic E-state index is -4.52. The standard InChI is InChI=1S/C31H30F3N7O2S/c1-17(2)41-14-23(31(32,33)34)37-27(41)20-8-4-18(5-9-20)22-15-43-12-11-40(22)28-21-10-13-44-30(21)39-26(38-28)24-25(19-6-7-19)35-16-36-29(24)42-3/h4-5,8-10,13-14,16-17,19,22H,6-7,11-12,15H2,1-3H3. The number of alkyl halides is 3. The fourth-order valence-electron chi connectivity index (χ4n) is 5.71. The first-order valence-corrected chi connectivity index (χ1v) is 15.4. The van der Waals surface area contributed by atoms with Crippen LogP contribution in [0.15, 0.2) is 48.2 Å². The highest BCUT2D eigenvalue weighted by molar-refractivity contribution is 7.16. The van der Waals surface area contributed by atoms with E-state index in [0.29, 0.717) is 42.9 Å². The average molecular weight is 622 g/mol. The number of anilines is 1. The molecule has 0 spiro atoms. The van der Waals surface area contributed by atoms with Crippen molar-refractivity contribution >= 4 is 27.4 Å². The SMILES string of the molecule is COc1ncnc(C2CC2)c1-c1nc(N2CCOCC2c2ccc(-c3nc(C(F)(F)F)cn3C(C)C)cc2)c2ccsc2n1. The van der Waals surface area contributed by atoms with E-state index in [1.165, 1.54) is 6.33 Å². The third kappa shape index (κ3) is 5.17. The summed E-state index contributed by atoms with van der Waals surface area (Å²) in [5, 5.41) is 2.94. The van der Waals surface area contributed by atoms with Crippen LogP contribution in [0.2, 0.25) is 0 Å². The molecule has 0 radical (unpaired) electrons. The van der Waals surface area contributed by atoms with Gasteiger partial charge in [0.05, 0.1) is 37.4 Å². The molecule has 228 valence electrons. The van der Waals surface area contributed by atoms with Gasteiger partial charge in [-0.2, -0.15) is 13.2 Å². The van der Waals surface area contributed by atoms with Crippen molar-refractivity contribution in [3.05, 3.63) is 65.2 Å². The number of imidazole rings is 1. The summed E-state index contributed by atoms with van der Waals surface area (Å²) >= 11 is 1.54. The van der Waals surface area contributed by atoms with Crippen LogP contribution in [0.5, 0.6) is 5.88 Å². The van der Waals surface area contributed by atoms with Gasteiger partial charge < -0.3 is 18.9 Å². The number of benzene rings is 1. The molecular formula is C31H30F3N7O2S. The number of thiophene rings is 1. The summed E-state index contributed by atoms with van der Waals surface area (Å²) < 4.78 is 53.6. The summed E-state index contributed by atoms with van der Waals surface area (Å²) in [5.74, 6) is 2.37. The number of methoxy groups -OCH3 is 1. The van der Waals surface area contributed by atoms with Crippen molar-refractivity contribution in [2.75, 3.05) is 31.8 Å². The molecule has 1 saturated carbocycles. The van der Waals surface area contributed by atoms with Gasteiger partial charge in [-0.25, -0.2) is 24.9 Å². The number of aromatic nitrogens is 6. The lowest BCUT2D eigenvalue weighted by Crippen LogP contribution is -2.40. The van der Waals surface area contributed by atoms with E-state index in [1.54, 1.807) is 23.0 Å². The molecule has 1 saturated heterocycles. The number of rotatable bonds is 7. The minimum absolute atomic E-state index is 0.184. The van der Waals surface area contributed by atoms with Crippen LogP contribution >= 0.6 is 11.3 Å². The zero-order valence-corrected chi connectivity index (χ0v) is 25.2. The van der Waals surface area contributed by atoms with Gasteiger partial charge in [0, 0.05) is 30.3 Å². The first-order valence-electron chi connectivity index (χ1n) is 14.5. The highest BCUT2D eigenvalue weighted by atomic mass is 32.1. The van der Waals surface area contributed by atoms with Crippen molar-refractivity contribution in [3.63, 3.8) is 0 Å². The third-order valence-electron chi connectivity index (χ3n) is 8.06. The summed E-state index contributed by atoms with van der Waals surface area (Å²) in [6.07, 6.45) is 0.188. The second-order valence-corrected chi connectivity index (χ2v) is 12.2. The Kier molecular flexibility index (Phi) is 7.24. The molecule has 9 nitrogen and oxygen atoms in total. The lowest BCUT2D eigenvalue weighted by molar-refractivity contribution is -0.140. The van der Waals surface area contributed by atoms with Crippen molar-refractivity contribution in [1.29, 1.82) is 0 Å². The Labute approximate surface area is 255 Å². The van der Waals surface area contributed by atoms with Crippen LogP contribution in [0, 0.1) is 0 Å². The van der Waals surface area contributed by atoms with Gasteiger partial charge in [0.25, 0.3) is 0 Å². The molecule has 5 heterocycles. The van der Waals surface area contributed by atoms with Crippen LogP contribution in [-0.2, 0) is 10.9 Å². The third-order valence-corrected chi connectivity index (χ3v) is 8.87. The van der Waals surface area contributed by atoms with Gasteiger partial charge in [0.15, 0.2) is 11.5 Å². The zero-order valence-electron chi connectivity index (χ0n) is 24.4. The Hall–Kier alpha value is -4.10. The fourth-order valence-corrected chi connectivity index (χ4v) is 6.47. The normalized spacial score (nSPS) is 17.5. The molecule has 1 aliphatic heterocycles. The topological polar surface area (TPSA) is 91.1 Å². The molecular weight excluding hydrogens is 591 g/mol. The number of fused-ring (bicyclic) bond motifs is 1. The van der Waals surface area contributed by atoms with Gasteiger partial charge in [-0.05, 0) is 43.7 Å². The van der Waals surface area contributed by atoms with Crippen molar-refractivity contribution in [2.24, 2.45) is 0 Å². The average Bonchev–Trinajstić information content (AvgIpc) is 3.57. The second-order valence-electron chi connectivity index (χ2n) is 11.3. The molecule has 7 rings (SSSR count). The van der Waals surface area contributed by atoms with E-state index >= 15 is 0 Å². The van der Waals surface area contributed by atoms with Gasteiger partial charge in [-0.15, -0.1) is 11.3 Å². The Morgan fingerprint density at radius 3 is 2.55 bits per heavy atom. The minimum Gasteiger partial charge on any atom is -0.480 e.